The molecule has 0 atom stereocenters. The summed E-state index contributed by atoms with van der Waals surface area (Å²) in [5, 5.41) is 8.32. The lowest BCUT2D eigenvalue weighted by molar-refractivity contribution is 0.324. The van der Waals surface area contributed by atoms with E-state index in [1.54, 1.807) is 0 Å². The number of hydrogen-bond acceptors (Lipinski definition) is 5. The average Bonchev–Trinajstić information content (AvgIpc) is 2.75. The minimum Gasteiger partial charge on any atom is -0.362 e. The lowest BCUT2D eigenvalue weighted by Crippen LogP contribution is -2.31. The van der Waals surface area contributed by atoms with E-state index in [-0.39, 0.29) is 0 Å². The van der Waals surface area contributed by atoms with E-state index in [1.165, 1.54) is 31.2 Å². The van der Waals surface area contributed by atoms with Crippen LogP contribution in [0.2, 0.25) is 0 Å². The van der Waals surface area contributed by atoms with Gasteiger partial charge in [-0.2, -0.15) is 4.98 Å². The quantitative estimate of drug-likeness (QED) is 0.625. The van der Waals surface area contributed by atoms with E-state index in [4.69, 9.17) is 9.97 Å². The van der Waals surface area contributed by atoms with Crippen LogP contribution in [0.15, 0.2) is 54.6 Å². The van der Waals surface area contributed by atoms with Crippen molar-refractivity contribution in [3.8, 4) is 0 Å². The van der Waals surface area contributed by atoms with Crippen molar-refractivity contribution in [1.82, 2.24) is 15.3 Å². The zero-order valence-corrected chi connectivity index (χ0v) is 17.4. The molecule has 1 aromatic heterocycles. The molecular formula is C24H31N5. The molecule has 0 bridgehead atoms. The summed E-state index contributed by atoms with van der Waals surface area (Å²) >= 11 is 0. The molecule has 1 aliphatic rings. The van der Waals surface area contributed by atoms with Crippen molar-refractivity contribution in [1.29, 1.82) is 0 Å². The van der Waals surface area contributed by atoms with Gasteiger partial charge in [-0.15, -0.1) is 0 Å². The van der Waals surface area contributed by atoms with Crippen molar-refractivity contribution >= 4 is 22.7 Å². The highest BCUT2D eigenvalue weighted by Gasteiger charge is 2.22. The van der Waals surface area contributed by atoms with E-state index < -0.39 is 0 Å². The van der Waals surface area contributed by atoms with Crippen LogP contribution in [-0.2, 0) is 6.54 Å². The van der Waals surface area contributed by atoms with E-state index in [0.29, 0.717) is 6.04 Å². The number of fused-ring (bicyclic) bond motifs is 1. The lowest BCUT2D eigenvalue weighted by atomic mass is 9.86. The van der Waals surface area contributed by atoms with Gasteiger partial charge in [-0.05, 0) is 55.8 Å². The Hall–Kier alpha value is -2.66. The Kier molecular flexibility index (Phi) is 6.25. The molecule has 5 nitrogen and oxygen atoms in total. The zero-order valence-electron chi connectivity index (χ0n) is 17.4. The van der Waals surface area contributed by atoms with Gasteiger partial charge < -0.3 is 15.5 Å². The summed E-state index contributed by atoms with van der Waals surface area (Å²) in [6, 6.07) is 19.3. The monoisotopic (exact) mass is 389 g/mol. The first-order valence-corrected chi connectivity index (χ1v) is 10.6. The standard InChI is InChI=1S/C24H31N5/c1-29(2)23-21-10-6-7-11-22(21)27-24(28-23)26-20-14-12-19(13-15-20)17-25-16-18-8-4-3-5-9-18/h3-11,19-20,25H,12-17H2,1-2H3,(H,26,27,28)/t19-,20+. The summed E-state index contributed by atoms with van der Waals surface area (Å²) in [5.41, 5.74) is 2.35. The molecule has 5 heteroatoms. The molecule has 3 aromatic rings. The minimum absolute atomic E-state index is 0.455. The summed E-state index contributed by atoms with van der Waals surface area (Å²) in [7, 11) is 4.07. The molecule has 4 rings (SSSR count). The molecule has 0 spiro atoms. The van der Waals surface area contributed by atoms with Gasteiger partial charge >= 0.3 is 0 Å². The normalized spacial score (nSPS) is 19.2. The van der Waals surface area contributed by atoms with Crippen molar-refractivity contribution < 1.29 is 0 Å². The largest absolute Gasteiger partial charge is 0.362 e. The molecule has 29 heavy (non-hydrogen) atoms. The third-order valence-corrected chi connectivity index (χ3v) is 5.79. The van der Waals surface area contributed by atoms with Crippen molar-refractivity contribution in [3.05, 3.63) is 60.2 Å². The minimum atomic E-state index is 0.455. The van der Waals surface area contributed by atoms with Gasteiger partial charge in [-0.1, -0.05) is 42.5 Å². The van der Waals surface area contributed by atoms with Crippen LogP contribution < -0.4 is 15.5 Å². The number of para-hydroxylation sites is 1. The summed E-state index contributed by atoms with van der Waals surface area (Å²) in [6.07, 6.45) is 4.83. The van der Waals surface area contributed by atoms with Crippen LogP contribution in [0.5, 0.6) is 0 Å². The molecule has 0 aliphatic heterocycles. The summed E-state index contributed by atoms with van der Waals surface area (Å²) in [6.45, 7) is 2.05. The van der Waals surface area contributed by atoms with Gasteiger partial charge in [0.25, 0.3) is 0 Å². The zero-order chi connectivity index (χ0) is 20.1. The Morgan fingerprint density at radius 2 is 1.62 bits per heavy atom. The molecule has 0 unspecified atom stereocenters. The number of hydrogen-bond donors (Lipinski definition) is 2. The van der Waals surface area contributed by atoms with Gasteiger partial charge in [-0.3, -0.25) is 0 Å². The number of rotatable bonds is 7. The van der Waals surface area contributed by atoms with Crippen LogP contribution in [0.3, 0.4) is 0 Å². The fourth-order valence-corrected chi connectivity index (χ4v) is 4.18. The van der Waals surface area contributed by atoms with Crippen LogP contribution in [0, 0.1) is 5.92 Å². The van der Waals surface area contributed by atoms with E-state index in [9.17, 15) is 0 Å². The Morgan fingerprint density at radius 1 is 0.897 bits per heavy atom. The van der Waals surface area contributed by atoms with Gasteiger partial charge in [-0.25, -0.2) is 4.98 Å². The first kappa shape index (κ1) is 19.6. The molecule has 1 saturated carbocycles. The van der Waals surface area contributed by atoms with Crippen molar-refractivity contribution in [2.75, 3.05) is 30.9 Å². The maximum Gasteiger partial charge on any atom is 0.225 e. The average molecular weight is 390 g/mol. The van der Waals surface area contributed by atoms with Crippen LogP contribution in [0.1, 0.15) is 31.2 Å². The summed E-state index contributed by atoms with van der Waals surface area (Å²) < 4.78 is 0. The van der Waals surface area contributed by atoms with E-state index in [1.807, 2.05) is 26.2 Å². The second-order valence-electron chi connectivity index (χ2n) is 8.26. The molecule has 152 valence electrons. The second-order valence-corrected chi connectivity index (χ2v) is 8.26. The summed E-state index contributed by atoms with van der Waals surface area (Å²) in [4.78, 5) is 11.6. The third kappa shape index (κ3) is 5.04. The fourth-order valence-electron chi connectivity index (χ4n) is 4.18. The molecule has 1 aliphatic carbocycles. The third-order valence-electron chi connectivity index (χ3n) is 5.79. The number of anilines is 2. The molecule has 0 radical (unpaired) electrons. The van der Waals surface area contributed by atoms with Crippen LogP contribution in [-0.4, -0.2) is 36.6 Å². The molecular weight excluding hydrogens is 358 g/mol. The van der Waals surface area contributed by atoms with Crippen molar-refractivity contribution in [3.63, 3.8) is 0 Å². The molecule has 2 aromatic carbocycles. The van der Waals surface area contributed by atoms with Gasteiger partial charge in [0.15, 0.2) is 0 Å². The smallest absolute Gasteiger partial charge is 0.225 e. The van der Waals surface area contributed by atoms with Crippen LogP contribution >= 0.6 is 0 Å². The molecule has 0 amide bonds. The SMILES string of the molecule is CN(C)c1nc(N[C@H]2CC[C@@H](CNCc3ccccc3)CC2)nc2ccccc12. The van der Waals surface area contributed by atoms with Crippen LogP contribution in [0.25, 0.3) is 10.9 Å². The highest BCUT2D eigenvalue weighted by atomic mass is 15.2. The van der Waals surface area contributed by atoms with E-state index in [0.717, 1.165) is 41.7 Å². The predicted octanol–water partition coefficient (Wildman–Crippen LogP) is 4.46. The topological polar surface area (TPSA) is 53.1 Å². The van der Waals surface area contributed by atoms with Crippen molar-refractivity contribution in [2.24, 2.45) is 5.92 Å². The Balaban J connectivity index is 1.30. The Labute approximate surface area is 173 Å². The second kappa shape index (κ2) is 9.23. The van der Waals surface area contributed by atoms with Crippen molar-refractivity contribution in [2.45, 2.75) is 38.3 Å². The lowest BCUT2D eigenvalue weighted by Gasteiger charge is -2.29. The first-order valence-electron chi connectivity index (χ1n) is 10.6. The van der Waals surface area contributed by atoms with Gasteiger partial charge in [0, 0.05) is 32.1 Å². The number of nitrogens with zero attached hydrogens (tertiary/aromatic N) is 3. The fraction of sp³-hybridized carbons (Fsp3) is 0.417. The number of aromatic nitrogens is 2. The highest BCUT2D eigenvalue weighted by molar-refractivity contribution is 5.90. The number of nitrogens with one attached hydrogen (secondary N) is 2. The maximum atomic E-state index is 4.79. The van der Waals surface area contributed by atoms with E-state index in [2.05, 4.69) is 58.0 Å². The van der Waals surface area contributed by atoms with Gasteiger partial charge in [0.05, 0.1) is 5.52 Å². The Bertz CT molecular complexity index is 917. The molecule has 0 saturated heterocycles. The van der Waals surface area contributed by atoms with Gasteiger partial charge in [0.2, 0.25) is 5.95 Å². The maximum absolute atomic E-state index is 4.79. The first-order chi connectivity index (χ1) is 14.2. The predicted molar refractivity (Wildman–Crippen MR) is 121 cm³/mol. The Morgan fingerprint density at radius 3 is 2.38 bits per heavy atom. The molecule has 1 fully saturated rings. The summed E-state index contributed by atoms with van der Waals surface area (Å²) in [5.74, 6) is 2.47. The van der Waals surface area contributed by atoms with Gasteiger partial charge in [0.1, 0.15) is 5.82 Å². The van der Waals surface area contributed by atoms with E-state index >= 15 is 0 Å². The number of benzene rings is 2. The van der Waals surface area contributed by atoms with Crippen LogP contribution in [0.4, 0.5) is 11.8 Å². The molecule has 1 heterocycles. The highest BCUT2D eigenvalue weighted by Crippen LogP contribution is 2.28. The molecule has 2 N–H and O–H groups in total.